The number of fused-ring (bicyclic) bond motifs is 1. The number of rotatable bonds is 8. The second-order valence-corrected chi connectivity index (χ2v) is 8.87. The number of nitriles is 1. The zero-order valence-corrected chi connectivity index (χ0v) is 20.9. The van der Waals surface area contributed by atoms with Crippen molar-refractivity contribution in [2.75, 3.05) is 5.32 Å². The van der Waals surface area contributed by atoms with E-state index in [0.717, 1.165) is 10.5 Å². The van der Waals surface area contributed by atoms with Crippen molar-refractivity contribution in [3.63, 3.8) is 0 Å². The van der Waals surface area contributed by atoms with Gasteiger partial charge in [-0.05, 0) is 42.8 Å². The average molecular weight is 560 g/mol. The highest BCUT2D eigenvalue weighted by Crippen LogP contribution is 2.30. The molecular formula is C25H17Cl2F2N5O4. The molecule has 9 nitrogen and oxygen atoms in total. The third-order valence-corrected chi connectivity index (χ3v) is 5.90. The molecule has 0 amide bonds. The van der Waals surface area contributed by atoms with Gasteiger partial charge in [-0.2, -0.15) is 10.2 Å². The fraction of sp³-hybridized carbons (Fsp3) is 0.160. The SMILES string of the molecule is C[C@@H](Nc1ccc(Cl)nc1C(=O)O)c1cc(Cl)cn2c(=O)cc(O[C@H](c3ccc(C#N)cc3)C(F)F)nc12. The van der Waals surface area contributed by atoms with Gasteiger partial charge in [0.1, 0.15) is 10.8 Å². The quantitative estimate of drug-likeness (QED) is 0.270. The monoisotopic (exact) mass is 559 g/mol. The largest absolute Gasteiger partial charge is 0.476 e. The topological polar surface area (TPSA) is 130 Å². The Balaban J connectivity index is 1.75. The summed E-state index contributed by atoms with van der Waals surface area (Å²) in [6.07, 6.45) is -3.42. The van der Waals surface area contributed by atoms with Gasteiger partial charge >= 0.3 is 5.97 Å². The van der Waals surface area contributed by atoms with Crippen LogP contribution < -0.4 is 15.6 Å². The van der Waals surface area contributed by atoms with Crippen LogP contribution in [0.15, 0.2) is 59.5 Å². The van der Waals surface area contributed by atoms with Gasteiger partial charge in [-0.15, -0.1) is 0 Å². The van der Waals surface area contributed by atoms with Crippen LogP contribution in [0.4, 0.5) is 14.5 Å². The van der Waals surface area contributed by atoms with Gasteiger partial charge in [0.2, 0.25) is 5.88 Å². The number of pyridine rings is 2. The summed E-state index contributed by atoms with van der Waals surface area (Å²) in [5.74, 6) is -1.68. The Morgan fingerprint density at radius 2 is 1.87 bits per heavy atom. The number of alkyl halides is 2. The Morgan fingerprint density at radius 1 is 1.16 bits per heavy atom. The highest BCUT2D eigenvalue weighted by Gasteiger charge is 2.26. The van der Waals surface area contributed by atoms with E-state index in [9.17, 15) is 23.5 Å². The van der Waals surface area contributed by atoms with Crippen molar-refractivity contribution >= 4 is 40.5 Å². The summed E-state index contributed by atoms with van der Waals surface area (Å²) in [6.45, 7) is 1.66. The number of hydrogen-bond acceptors (Lipinski definition) is 7. The Bertz CT molecular complexity index is 1620. The van der Waals surface area contributed by atoms with Gasteiger partial charge in [-0.1, -0.05) is 35.3 Å². The summed E-state index contributed by atoms with van der Waals surface area (Å²) in [7, 11) is 0. The first-order valence-corrected chi connectivity index (χ1v) is 11.7. The fourth-order valence-corrected chi connectivity index (χ4v) is 4.08. The predicted molar refractivity (Wildman–Crippen MR) is 135 cm³/mol. The number of aromatic carboxylic acids is 1. The van der Waals surface area contributed by atoms with Crippen LogP contribution >= 0.6 is 23.2 Å². The van der Waals surface area contributed by atoms with Crippen LogP contribution in [0.2, 0.25) is 10.2 Å². The number of hydrogen-bond donors (Lipinski definition) is 2. The highest BCUT2D eigenvalue weighted by molar-refractivity contribution is 6.30. The van der Waals surface area contributed by atoms with Crippen LogP contribution in [-0.2, 0) is 0 Å². The lowest BCUT2D eigenvalue weighted by atomic mass is 10.1. The lowest BCUT2D eigenvalue weighted by Crippen LogP contribution is -2.22. The maximum Gasteiger partial charge on any atom is 0.356 e. The van der Waals surface area contributed by atoms with Crippen molar-refractivity contribution in [3.05, 3.63) is 97.6 Å². The van der Waals surface area contributed by atoms with Crippen LogP contribution in [0, 0.1) is 11.3 Å². The molecule has 0 fully saturated rings. The smallest absolute Gasteiger partial charge is 0.356 e. The number of carboxylic acids is 1. The second kappa shape index (κ2) is 11.0. The Morgan fingerprint density at radius 3 is 2.50 bits per heavy atom. The molecule has 3 aromatic heterocycles. The van der Waals surface area contributed by atoms with Crippen LogP contribution in [0.3, 0.4) is 0 Å². The number of nitrogens with one attached hydrogen (secondary N) is 1. The molecule has 4 rings (SSSR count). The number of halogens is 4. The third kappa shape index (κ3) is 5.66. The summed E-state index contributed by atoms with van der Waals surface area (Å²) in [6, 6.07) is 11.9. The molecule has 0 radical (unpaired) electrons. The molecule has 0 aliphatic carbocycles. The number of aromatic nitrogens is 3. The molecular weight excluding hydrogens is 543 g/mol. The van der Waals surface area contributed by atoms with E-state index >= 15 is 0 Å². The summed E-state index contributed by atoms with van der Waals surface area (Å²) in [4.78, 5) is 32.6. The molecule has 0 unspecified atom stereocenters. The van der Waals surface area contributed by atoms with Crippen LogP contribution in [0.5, 0.6) is 5.88 Å². The van der Waals surface area contributed by atoms with E-state index in [1.165, 1.54) is 48.7 Å². The average Bonchev–Trinajstić information content (AvgIpc) is 2.88. The van der Waals surface area contributed by atoms with Crippen molar-refractivity contribution < 1.29 is 23.4 Å². The number of benzene rings is 1. The number of anilines is 1. The van der Waals surface area contributed by atoms with Crippen LogP contribution in [0.25, 0.3) is 5.65 Å². The molecule has 1 aromatic carbocycles. The van der Waals surface area contributed by atoms with Crippen LogP contribution in [0.1, 0.15) is 46.2 Å². The summed E-state index contributed by atoms with van der Waals surface area (Å²) in [5, 5.41) is 21.6. The van der Waals surface area contributed by atoms with E-state index in [1.807, 2.05) is 6.07 Å². The second-order valence-electron chi connectivity index (χ2n) is 8.05. The van der Waals surface area contributed by atoms with Crippen molar-refractivity contribution in [3.8, 4) is 11.9 Å². The van der Waals surface area contributed by atoms with Crippen molar-refractivity contribution in [2.24, 2.45) is 0 Å². The Kier molecular flexibility index (Phi) is 7.75. The van der Waals surface area contributed by atoms with Crippen molar-refractivity contribution in [1.29, 1.82) is 5.26 Å². The zero-order valence-electron chi connectivity index (χ0n) is 19.4. The highest BCUT2D eigenvalue weighted by atomic mass is 35.5. The van der Waals surface area contributed by atoms with Gasteiger partial charge in [-0.3, -0.25) is 9.20 Å². The number of carboxylic acid groups (broad SMARTS) is 1. The van der Waals surface area contributed by atoms with E-state index in [4.69, 9.17) is 33.2 Å². The van der Waals surface area contributed by atoms with E-state index in [2.05, 4.69) is 15.3 Å². The van der Waals surface area contributed by atoms with Gasteiger partial charge in [-0.25, -0.2) is 18.6 Å². The predicted octanol–water partition coefficient (Wildman–Crippen LogP) is 5.52. The standard InChI is InChI=1S/C25H17Cl2F2N5O4/c1-12(31-17-6-7-18(27)32-21(17)25(36)37)16-8-15(26)11-34-20(35)9-19(33-24(16)34)38-22(23(28)29)14-4-2-13(10-30)3-5-14/h2-9,11-12,22-23,31H,1H3,(H,36,37)/t12-,22-/m1/s1. The lowest BCUT2D eigenvalue weighted by Gasteiger charge is -2.21. The van der Waals surface area contributed by atoms with Crippen molar-refractivity contribution in [1.82, 2.24) is 14.4 Å². The van der Waals surface area contributed by atoms with E-state index < -0.39 is 30.1 Å². The fourth-order valence-electron chi connectivity index (χ4n) is 3.72. The maximum atomic E-state index is 13.9. The maximum absolute atomic E-state index is 13.9. The van der Waals surface area contributed by atoms with Gasteiger partial charge in [0, 0.05) is 11.8 Å². The number of carbonyl (C=O) groups is 1. The van der Waals surface area contributed by atoms with Gasteiger partial charge in [0.15, 0.2) is 11.8 Å². The molecule has 0 saturated carbocycles. The molecule has 13 heteroatoms. The van der Waals surface area contributed by atoms with E-state index in [1.54, 1.807) is 6.92 Å². The molecule has 0 spiro atoms. The minimum atomic E-state index is -2.97. The first kappa shape index (κ1) is 26.8. The number of ether oxygens (including phenoxy) is 1. The summed E-state index contributed by atoms with van der Waals surface area (Å²) in [5.41, 5.74) is -0.0690. The normalized spacial score (nSPS) is 12.7. The van der Waals surface area contributed by atoms with E-state index in [0.29, 0.717) is 5.56 Å². The van der Waals surface area contributed by atoms with E-state index in [-0.39, 0.29) is 44.2 Å². The van der Waals surface area contributed by atoms with Gasteiger partial charge < -0.3 is 15.2 Å². The first-order chi connectivity index (χ1) is 18.1. The Labute approximate surface area is 223 Å². The molecule has 4 aromatic rings. The lowest BCUT2D eigenvalue weighted by molar-refractivity contribution is 0.00795. The molecule has 2 N–H and O–H groups in total. The third-order valence-electron chi connectivity index (χ3n) is 5.48. The minimum absolute atomic E-state index is 0.0142. The zero-order chi connectivity index (χ0) is 27.6. The van der Waals surface area contributed by atoms with Gasteiger partial charge in [0.25, 0.3) is 12.0 Å². The van der Waals surface area contributed by atoms with Gasteiger partial charge in [0.05, 0.1) is 34.5 Å². The molecule has 38 heavy (non-hydrogen) atoms. The molecule has 0 saturated heterocycles. The van der Waals surface area contributed by atoms with Crippen LogP contribution in [-0.4, -0.2) is 31.9 Å². The molecule has 194 valence electrons. The number of nitrogens with zero attached hydrogens (tertiary/aromatic N) is 4. The molecule has 2 atom stereocenters. The summed E-state index contributed by atoms with van der Waals surface area (Å²) >= 11 is 12.0. The minimum Gasteiger partial charge on any atom is -0.476 e. The first-order valence-electron chi connectivity index (χ1n) is 10.9. The molecule has 0 aliphatic heterocycles. The summed E-state index contributed by atoms with van der Waals surface area (Å²) < 4.78 is 34.4. The molecule has 0 aliphatic rings. The molecule has 0 bridgehead atoms. The van der Waals surface area contributed by atoms with Crippen molar-refractivity contribution in [2.45, 2.75) is 25.5 Å². The Hall–Kier alpha value is -4.27. The molecule has 3 heterocycles.